The SMILES string of the molecule is CC[C@H](C(=O)NC(C)(C)C)N(Cc1ccc(Cl)cc1Cl)C(=O)CN(c1ccc(OC)cc1OC)S(C)(=O)=O. The number of anilines is 1. The average Bonchev–Trinajstić information content (AvgIpc) is 2.81. The summed E-state index contributed by atoms with van der Waals surface area (Å²) in [6.07, 6.45) is 1.28. The van der Waals surface area contributed by atoms with Gasteiger partial charge < -0.3 is 19.7 Å². The van der Waals surface area contributed by atoms with Crippen LogP contribution in [0.3, 0.4) is 0 Å². The molecule has 2 amide bonds. The number of hydrogen-bond donors (Lipinski definition) is 1. The summed E-state index contributed by atoms with van der Waals surface area (Å²) in [5.41, 5.74) is 0.159. The summed E-state index contributed by atoms with van der Waals surface area (Å²) in [5, 5.41) is 3.65. The van der Waals surface area contributed by atoms with Crippen LogP contribution >= 0.6 is 23.2 Å². The van der Waals surface area contributed by atoms with Crippen LogP contribution in [0.1, 0.15) is 39.7 Å². The Kier molecular flexibility index (Phi) is 10.7. The van der Waals surface area contributed by atoms with Crippen LogP contribution in [0.5, 0.6) is 11.5 Å². The van der Waals surface area contributed by atoms with Crippen molar-refractivity contribution in [1.82, 2.24) is 10.2 Å². The first kappa shape index (κ1) is 31.5. The van der Waals surface area contributed by atoms with Crippen LogP contribution in [0.15, 0.2) is 36.4 Å². The van der Waals surface area contributed by atoms with Gasteiger partial charge in [0.2, 0.25) is 21.8 Å². The molecule has 0 radical (unpaired) electrons. The largest absolute Gasteiger partial charge is 0.497 e. The van der Waals surface area contributed by atoms with Crippen LogP contribution in [0.4, 0.5) is 5.69 Å². The van der Waals surface area contributed by atoms with Crippen LogP contribution in [0.2, 0.25) is 10.0 Å². The Morgan fingerprint density at radius 3 is 2.21 bits per heavy atom. The molecule has 0 heterocycles. The molecule has 2 aromatic rings. The molecule has 0 aliphatic carbocycles. The van der Waals surface area contributed by atoms with Gasteiger partial charge in [0.15, 0.2) is 0 Å². The molecule has 1 N–H and O–H groups in total. The van der Waals surface area contributed by atoms with Crippen molar-refractivity contribution in [1.29, 1.82) is 0 Å². The smallest absolute Gasteiger partial charge is 0.244 e. The number of hydrogen-bond acceptors (Lipinski definition) is 6. The molecule has 0 aliphatic heterocycles. The third-order valence-electron chi connectivity index (χ3n) is 5.57. The van der Waals surface area contributed by atoms with Crippen LogP contribution < -0.4 is 19.1 Å². The Morgan fingerprint density at radius 2 is 1.71 bits per heavy atom. The zero-order valence-corrected chi connectivity index (χ0v) is 25.0. The molecule has 0 fully saturated rings. The lowest BCUT2D eigenvalue weighted by Crippen LogP contribution is -2.55. The van der Waals surface area contributed by atoms with Gasteiger partial charge in [0.05, 0.1) is 26.2 Å². The van der Waals surface area contributed by atoms with Gasteiger partial charge in [0, 0.05) is 28.2 Å². The molecule has 1 atom stereocenters. The molecule has 9 nitrogen and oxygen atoms in total. The van der Waals surface area contributed by atoms with Crippen molar-refractivity contribution >= 4 is 50.7 Å². The second-order valence-electron chi connectivity index (χ2n) is 9.73. The molecule has 2 aromatic carbocycles. The Labute approximate surface area is 235 Å². The van der Waals surface area contributed by atoms with E-state index in [4.69, 9.17) is 32.7 Å². The number of methoxy groups -OCH3 is 2. The number of benzene rings is 2. The highest BCUT2D eigenvalue weighted by Gasteiger charge is 2.34. The quantitative estimate of drug-likeness (QED) is 0.415. The summed E-state index contributed by atoms with van der Waals surface area (Å²) in [6.45, 7) is 6.66. The van der Waals surface area contributed by atoms with Crippen molar-refractivity contribution in [3.8, 4) is 11.5 Å². The molecule has 0 unspecified atom stereocenters. The van der Waals surface area contributed by atoms with Crippen molar-refractivity contribution in [3.05, 3.63) is 52.0 Å². The Bertz CT molecular complexity index is 1260. The van der Waals surface area contributed by atoms with Gasteiger partial charge in [-0.3, -0.25) is 13.9 Å². The van der Waals surface area contributed by atoms with Crippen molar-refractivity contribution in [2.45, 2.75) is 52.2 Å². The highest BCUT2D eigenvalue weighted by Crippen LogP contribution is 2.34. The standard InChI is InChI=1S/C26H35Cl2N3O6S/c1-8-21(25(33)29-26(2,3)4)30(15-17-9-10-18(27)13-20(17)28)24(32)16-31(38(7,34)35)22-12-11-19(36-5)14-23(22)37-6/h9-14,21H,8,15-16H2,1-7H3,(H,29,33)/t21-/m1/s1. The van der Waals surface area contributed by atoms with E-state index >= 15 is 0 Å². The summed E-state index contributed by atoms with van der Waals surface area (Å²) in [7, 11) is -1.09. The monoisotopic (exact) mass is 587 g/mol. The van der Waals surface area contributed by atoms with Gasteiger partial charge in [-0.2, -0.15) is 0 Å². The zero-order valence-electron chi connectivity index (χ0n) is 22.7. The number of carbonyl (C=O) groups is 2. The second kappa shape index (κ2) is 12.9. The van der Waals surface area contributed by atoms with E-state index in [9.17, 15) is 18.0 Å². The predicted octanol–water partition coefficient (Wildman–Crippen LogP) is 4.50. The fourth-order valence-corrected chi connectivity index (χ4v) is 5.11. The van der Waals surface area contributed by atoms with E-state index in [1.165, 1.54) is 31.3 Å². The van der Waals surface area contributed by atoms with Gasteiger partial charge >= 0.3 is 0 Å². The van der Waals surface area contributed by atoms with Crippen LogP contribution in [0, 0.1) is 0 Å². The third kappa shape index (κ3) is 8.41. The van der Waals surface area contributed by atoms with Crippen LogP contribution in [-0.4, -0.2) is 63.7 Å². The number of sulfonamides is 1. The summed E-state index contributed by atoms with van der Waals surface area (Å²) >= 11 is 12.4. The number of rotatable bonds is 11. The molecule has 0 aliphatic rings. The fraction of sp³-hybridized carbons (Fsp3) is 0.462. The van der Waals surface area contributed by atoms with E-state index in [0.29, 0.717) is 21.4 Å². The first-order valence-corrected chi connectivity index (χ1v) is 14.5. The lowest BCUT2D eigenvalue weighted by Gasteiger charge is -2.34. The van der Waals surface area contributed by atoms with E-state index in [1.807, 2.05) is 20.8 Å². The minimum Gasteiger partial charge on any atom is -0.497 e. The number of halogens is 2. The average molecular weight is 589 g/mol. The van der Waals surface area contributed by atoms with E-state index in [-0.39, 0.29) is 30.3 Å². The predicted molar refractivity (Wildman–Crippen MR) is 151 cm³/mol. The molecule has 210 valence electrons. The second-order valence-corrected chi connectivity index (χ2v) is 12.5. The van der Waals surface area contributed by atoms with Gasteiger partial charge in [0.25, 0.3) is 0 Å². The van der Waals surface area contributed by atoms with Crippen molar-refractivity contribution in [3.63, 3.8) is 0 Å². The molecule has 0 saturated heterocycles. The van der Waals surface area contributed by atoms with Gasteiger partial charge in [-0.05, 0) is 57.0 Å². The van der Waals surface area contributed by atoms with E-state index in [2.05, 4.69) is 5.32 Å². The number of nitrogens with zero attached hydrogens (tertiary/aromatic N) is 2. The first-order chi connectivity index (χ1) is 17.6. The van der Waals surface area contributed by atoms with Crippen LogP contribution in [0.25, 0.3) is 0 Å². The molecule has 0 spiro atoms. The molecule has 0 saturated carbocycles. The van der Waals surface area contributed by atoms with Crippen LogP contribution in [-0.2, 0) is 26.2 Å². The maximum Gasteiger partial charge on any atom is 0.244 e. The highest BCUT2D eigenvalue weighted by molar-refractivity contribution is 7.92. The molecule has 38 heavy (non-hydrogen) atoms. The Morgan fingerprint density at radius 1 is 1.05 bits per heavy atom. The van der Waals surface area contributed by atoms with Gasteiger partial charge in [0.1, 0.15) is 24.1 Å². The number of amides is 2. The summed E-state index contributed by atoms with van der Waals surface area (Å²) < 4.78 is 37.3. The molecule has 0 aromatic heterocycles. The normalized spacial score (nSPS) is 12.4. The van der Waals surface area contributed by atoms with Crippen molar-refractivity contribution < 1.29 is 27.5 Å². The maximum absolute atomic E-state index is 13.9. The highest BCUT2D eigenvalue weighted by atomic mass is 35.5. The van der Waals surface area contributed by atoms with Gasteiger partial charge in [-0.25, -0.2) is 8.42 Å². The third-order valence-corrected chi connectivity index (χ3v) is 7.29. The van der Waals surface area contributed by atoms with Gasteiger partial charge in [-0.15, -0.1) is 0 Å². The van der Waals surface area contributed by atoms with E-state index in [0.717, 1.165) is 10.6 Å². The van der Waals surface area contributed by atoms with Gasteiger partial charge in [-0.1, -0.05) is 36.2 Å². The number of ether oxygens (including phenoxy) is 2. The first-order valence-electron chi connectivity index (χ1n) is 11.9. The lowest BCUT2D eigenvalue weighted by atomic mass is 10.1. The summed E-state index contributed by atoms with van der Waals surface area (Å²) in [5.74, 6) is -0.316. The van der Waals surface area contributed by atoms with Crippen molar-refractivity contribution in [2.75, 3.05) is 31.3 Å². The van der Waals surface area contributed by atoms with E-state index in [1.54, 1.807) is 31.2 Å². The topological polar surface area (TPSA) is 105 Å². The molecule has 12 heteroatoms. The maximum atomic E-state index is 13.9. The number of carbonyl (C=O) groups excluding carboxylic acids is 2. The zero-order chi connectivity index (χ0) is 28.8. The molecular formula is C26H35Cl2N3O6S. The Balaban J connectivity index is 2.56. The minimum atomic E-state index is -3.95. The van der Waals surface area contributed by atoms with E-state index < -0.39 is 34.1 Å². The van der Waals surface area contributed by atoms with Crippen molar-refractivity contribution in [2.24, 2.45) is 0 Å². The summed E-state index contributed by atoms with van der Waals surface area (Å²) in [6, 6.07) is 8.53. The fourth-order valence-electron chi connectivity index (χ4n) is 3.79. The number of nitrogens with one attached hydrogen (secondary N) is 1. The molecular weight excluding hydrogens is 553 g/mol. The summed E-state index contributed by atoms with van der Waals surface area (Å²) in [4.78, 5) is 28.5. The molecule has 2 rings (SSSR count). The lowest BCUT2D eigenvalue weighted by molar-refractivity contribution is -0.141. The minimum absolute atomic E-state index is 0.0394. The molecule has 0 bridgehead atoms. The Hall–Kier alpha value is -2.69.